The van der Waals surface area contributed by atoms with Crippen LogP contribution in [0.5, 0.6) is 0 Å². The predicted molar refractivity (Wildman–Crippen MR) is 111 cm³/mol. The number of hydrogen-bond donors (Lipinski definition) is 1. The highest BCUT2D eigenvalue weighted by Crippen LogP contribution is 2.28. The molecule has 1 N–H and O–H groups in total. The molecule has 3 heterocycles. The van der Waals surface area contributed by atoms with Gasteiger partial charge in [-0.25, -0.2) is 9.18 Å². The number of carbonyl (C=O) groups excluding carboxylic acids is 1. The fraction of sp³-hybridized carbons (Fsp3) is 0.381. The van der Waals surface area contributed by atoms with Gasteiger partial charge in [-0.1, -0.05) is 6.07 Å². The third kappa shape index (κ3) is 4.42. The molecular formula is C21H24FN5O3. The Morgan fingerprint density at radius 1 is 1.27 bits per heavy atom. The molecule has 8 nitrogen and oxygen atoms in total. The molecule has 2 aliphatic heterocycles. The molecule has 0 spiro atoms. The molecule has 2 aromatic rings. The van der Waals surface area contributed by atoms with E-state index in [1.165, 1.54) is 11.0 Å². The summed E-state index contributed by atoms with van der Waals surface area (Å²) in [5, 5.41) is 15.6. The van der Waals surface area contributed by atoms with Gasteiger partial charge in [-0.15, -0.1) is 0 Å². The number of halogens is 1. The highest BCUT2D eigenvalue weighted by Gasteiger charge is 2.32. The van der Waals surface area contributed by atoms with E-state index in [-0.39, 0.29) is 13.2 Å². The number of ether oxygens (including phenoxy) is 1. The zero-order chi connectivity index (χ0) is 21.1. The molecule has 2 fully saturated rings. The lowest BCUT2D eigenvalue weighted by atomic mass is 10.1. The van der Waals surface area contributed by atoms with Crippen LogP contribution in [0.15, 0.2) is 41.6 Å². The molecule has 1 amide bonds. The number of nitrogens with zero attached hydrogens (tertiary/aromatic N) is 5. The van der Waals surface area contributed by atoms with Gasteiger partial charge >= 0.3 is 6.09 Å². The second kappa shape index (κ2) is 8.76. The lowest BCUT2D eigenvalue weighted by Crippen LogP contribution is -2.41. The van der Waals surface area contributed by atoms with Crippen LogP contribution >= 0.6 is 0 Å². The lowest BCUT2D eigenvalue weighted by molar-refractivity contribution is 0.0963. The first-order valence-corrected chi connectivity index (χ1v) is 9.86. The molecule has 30 heavy (non-hydrogen) atoms. The Balaban J connectivity index is 1.44. The zero-order valence-corrected chi connectivity index (χ0v) is 16.7. The second-order valence-electron chi connectivity index (χ2n) is 7.44. The first-order valence-electron chi connectivity index (χ1n) is 9.86. The van der Waals surface area contributed by atoms with Crippen molar-refractivity contribution in [2.45, 2.75) is 6.10 Å². The number of rotatable bonds is 5. The quantitative estimate of drug-likeness (QED) is 0.753. The topological polar surface area (TPSA) is 81.5 Å². The van der Waals surface area contributed by atoms with Crippen LogP contribution in [0.1, 0.15) is 5.69 Å². The Bertz CT molecular complexity index is 929. The first kappa shape index (κ1) is 20.2. The third-order valence-electron chi connectivity index (χ3n) is 5.27. The summed E-state index contributed by atoms with van der Waals surface area (Å²) >= 11 is 0. The summed E-state index contributed by atoms with van der Waals surface area (Å²) in [4.78, 5) is 19.8. The average molecular weight is 413 g/mol. The number of aliphatic hydroxyl groups excluding tert-OH is 1. The number of piperazine rings is 1. The van der Waals surface area contributed by atoms with Crippen molar-refractivity contribution in [3.63, 3.8) is 0 Å². The number of cyclic esters (lactones) is 1. The lowest BCUT2D eigenvalue weighted by Gasteiger charge is -2.30. The molecule has 1 atom stereocenters. The van der Waals surface area contributed by atoms with E-state index >= 15 is 0 Å². The van der Waals surface area contributed by atoms with Crippen molar-refractivity contribution in [1.82, 2.24) is 14.9 Å². The summed E-state index contributed by atoms with van der Waals surface area (Å²) in [6, 6.07) is 8.15. The van der Waals surface area contributed by atoms with E-state index in [9.17, 15) is 9.18 Å². The maximum Gasteiger partial charge on any atom is 0.414 e. The Kier molecular flexibility index (Phi) is 5.91. The molecule has 0 unspecified atom stereocenters. The normalized spacial score (nSPS) is 20.2. The van der Waals surface area contributed by atoms with Crippen LogP contribution in [0.3, 0.4) is 0 Å². The Morgan fingerprint density at radius 3 is 2.70 bits per heavy atom. The Hall–Kier alpha value is -3.04. The van der Waals surface area contributed by atoms with Crippen LogP contribution in [0.25, 0.3) is 11.1 Å². The number of anilines is 1. The van der Waals surface area contributed by atoms with E-state index < -0.39 is 18.0 Å². The van der Waals surface area contributed by atoms with Gasteiger partial charge in [0, 0.05) is 43.5 Å². The van der Waals surface area contributed by atoms with E-state index in [2.05, 4.69) is 22.0 Å². The SMILES string of the molecule is CN1CCN(/N=C/c2ccc(-c3ccc(N4C[C@H](CO)OC4=O)cc3F)cn2)CC1. The molecule has 2 aliphatic rings. The van der Waals surface area contributed by atoms with Crippen LogP contribution < -0.4 is 4.90 Å². The van der Waals surface area contributed by atoms with Gasteiger partial charge < -0.3 is 14.7 Å². The third-order valence-corrected chi connectivity index (χ3v) is 5.27. The van der Waals surface area contributed by atoms with Gasteiger partial charge in [0.15, 0.2) is 0 Å². The molecule has 1 aromatic carbocycles. The van der Waals surface area contributed by atoms with Crippen LogP contribution in [-0.2, 0) is 4.74 Å². The molecule has 9 heteroatoms. The number of benzene rings is 1. The van der Waals surface area contributed by atoms with E-state index in [1.54, 1.807) is 36.7 Å². The molecule has 0 radical (unpaired) electrons. The number of likely N-dealkylation sites (N-methyl/N-ethyl adjacent to an activating group) is 1. The van der Waals surface area contributed by atoms with Gasteiger partial charge in [-0.05, 0) is 31.3 Å². The summed E-state index contributed by atoms with van der Waals surface area (Å²) in [6.07, 6.45) is 2.14. The summed E-state index contributed by atoms with van der Waals surface area (Å²) < 4.78 is 19.7. The van der Waals surface area contributed by atoms with Crippen LogP contribution in [0.4, 0.5) is 14.9 Å². The van der Waals surface area contributed by atoms with E-state index in [0.29, 0.717) is 22.5 Å². The van der Waals surface area contributed by atoms with Crippen molar-refractivity contribution >= 4 is 18.0 Å². The molecule has 158 valence electrons. The van der Waals surface area contributed by atoms with Crippen molar-refractivity contribution in [2.24, 2.45) is 5.10 Å². The van der Waals surface area contributed by atoms with E-state index in [0.717, 1.165) is 26.2 Å². The zero-order valence-electron chi connectivity index (χ0n) is 16.7. The summed E-state index contributed by atoms with van der Waals surface area (Å²) in [5.74, 6) is -0.464. The fourth-order valence-corrected chi connectivity index (χ4v) is 3.43. The minimum Gasteiger partial charge on any atom is -0.441 e. The Morgan fingerprint density at radius 2 is 2.07 bits per heavy atom. The summed E-state index contributed by atoms with van der Waals surface area (Å²) in [5.41, 5.74) is 2.11. The van der Waals surface area contributed by atoms with Gasteiger partial charge in [-0.3, -0.25) is 14.9 Å². The number of hydrogen-bond acceptors (Lipinski definition) is 7. The highest BCUT2D eigenvalue weighted by molar-refractivity contribution is 5.90. The molecule has 4 rings (SSSR count). The summed E-state index contributed by atoms with van der Waals surface area (Å²) in [6.45, 7) is 3.65. The van der Waals surface area contributed by atoms with Crippen molar-refractivity contribution < 1.29 is 19.0 Å². The molecule has 0 bridgehead atoms. The van der Waals surface area contributed by atoms with Crippen molar-refractivity contribution in [2.75, 3.05) is 51.3 Å². The minimum atomic E-state index is -0.593. The number of pyridine rings is 1. The van der Waals surface area contributed by atoms with E-state index in [4.69, 9.17) is 9.84 Å². The molecule has 2 saturated heterocycles. The fourth-order valence-electron chi connectivity index (χ4n) is 3.43. The number of hydrazone groups is 1. The van der Waals surface area contributed by atoms with Crippen molar-refractivity contribution in [3.8, 4) is 11.1 Å². The van der Waals surface area contributed by atoms with Crippen LogP contribution in [0, 0.1) is 5.82 Å². The monoisotopic (exact) mass is 413 g/mol. The predicted octanol–water partition coefficient (Wildman–Crippen LogP) is 1.79. The molecule has 0 saturated carbocycles. The standard InChI is InChI=1S/C21H24FN5O3/c1-25-6-8-26(9-7-25)24-12-16-3-2-15(11-23-16)19-5-4-17(10-20(19)22)27-13-18(14-28)30-21(27)29/h2-5,10-12,18,28H,6-9,13-14H2,1H3/b24-12+/t18-/m1/s1. The number of carbonyl (C=O) groups is 1. The van der Waals surface area contributed by atoms with Gasteiger partial charge in [0.1, 0.15) is 11.9 Å². The van der Waals surface area contributed by atoms with Crippen molar-refractivity contribution in [3.05, 3.63) is 48.0 Å². The number of aromatic nitrogens is 1. The number of amides is 1. The Labute approximate surface area is 174 Å². The number of aliphatic hydroxyl groups is 1. The summed E-state index contributed by atoms with van der Waals surface area (Å²) in [7, 11) is 2.09. The smallest absolute Gasteiger partial charge is 0.414 e. The highest BCUT2D eigenvalue weighted by atomic mass is 19.1. The maximum absolute atomic E-state index is 14.7. The first-order chi connectivity index (χ1) is 14.5. The van der Waals surface area contributed by atoms with Gasteiger partial charge in [0.25, 0.3) is 0 Å². The molecular weight excluding hydrogens is 389 g/mol. The molecule has 1 aromatic heterocycles. The van der Waals surface area contributed by atoms with Gasteiger partial charge in [-0.2, -0.15) is 5.10 Å². The average Bonchev–Trinajstić information content (AvgIpc) is 3.14. The molecule has 0 aliphatic carbocycles. The minimum absolute atomic E-state index is 0.191. The van der Waals surface area contributed by atoms with Crippen LogP contribution in [0.2, 0.25) is 0 Å². The van der Waals surface area contributed by atoms with Crippen LogP contribution in [-0.4, -0.2) is 84.8 Å². The van der Waals surface area contributed by atoms with E-state index in [1.807, 2.05) is 5.01 Å². The van der Waals surface area contributed by atoms with Gasteiger partial charge in [0.2, 0.25) is 0 Å². The largest absolute Gasteiger partial charge is 0.441 e. The second-order valence-corrected chi connectivity index (χ2v) is 7.44. The van der Waals surface area contributed by atoms with Crippen molar-refractivity contribution in [1.29, 1.82) is 0 Å². The maximum atomic E-state index is 14.7. The van der Waals surface area contributed by atoms with Gasteiger partial charge in [0.05, 0.1) is 30.7 Å².